The summed E-state index contributed by atoms with van der Waals surface area (Å²) in [7, 11) is 4.19. The van der Waals surface area contributed by atoms with E-state index in [1.807, 2.05) is 19.9 Å². The van der Waals surface area contributed by atoms with E-state index < -0.39 is 0 Å². The smallest absolute Gasteiger partial charge is 0.264 e. The Kier molecular flexibility index (Phi) is 5.09. The molecular weight excluding hydrogens is 368 g/mol. The van der Waals surface area contributed by atoms with Crippen LogP contribution in [0.5, 0.6) is 0 Å². The summed E-state index contributed by atoms with van der Waals surface area (Å²) >= 11 is 1.78. The average molecular weight is 394 g/mol. The number of hydrogen-bond donors (Lipinski definition) is 0. The number of benzene rings is 2. The second-order valence-electron chi connectivity index (χ2n) is 6.60. The molecule has 0 radical (unpaired) electrons. The largest absolute Gasteiger partial charge is 0.489 e. The zero-order valence-corrected chi connectivity index (χ0v) is 17.5. The molecule has 0 bridgehead atoms. The van der Waals surface area contributed by atoms with Gasteiger partial charge in [-0.05, 0) is 32.0 Å². The van der Waals surface area contributed by atoms with Gasteiger partial charge in [0.25, 0.3) is 5.01 Å². The Morgan fingerprint density at radius 2 is 1.64 bits per heavy atom. The first kappa shape index (κ1) is 18.6. The van der Waals surface area contributed by atoms with Gasteiger partial charge in [0.15, 0.2) is 11.5 Å². The minimum atomic E-state index is 0.581. The lowest BCUT2D eigenvalue weighted by atomic mass is 10.0. The first-order chi connectivity index (χ1) is 13.7. The van der Waals surface area contributed by atoms with Gasteiger partial charge >= 0.3 is 0 Å². The number of aryl methyl sites for hydroxylation is 1. The molecule has 5 heteroatoms. The van der Waals surface area contributed by atoms with Gasteiger partial charge in [-0.2, -0.15) is 4.57 Å². The summed E-state index contributed by atoms with van der Waals surface area (Å²) in [4.78, 5) is 2.19. The first-order valence-corrected chi connectivity index (χ1v) is 10.4. The van der Waals surface area contributed by atoms with Gasteiger partial charge in [-0.15, -0.1) is 0 Å². The molecule has 28 heavy (non-hydrogen) atoms. The predicted molar refractivity (Wildman–Crippen MR) is 116 cm³/mol. The van der Waals surface area contributed by atoms with E-state index in [1.54, 1.807) is 11.3 Å². The summed E-state index contributed by atoms with van der Waals surface area (Å²) in [6, 6.07) is 16.8. The molecule has 1 aliphatic heterocycles. The Morgan fingerprint density at radius 3 is 2.39 bits per heavy atom. The van der Waals surface area contributed by atoms with Crippen molar-refractivity contribution in [1.82, 2.24) is 0 Å². The standard InChI is InChI=1S/C23H25N2O2S/c1-5-26-22-16-11-7-8-12-17(16)24(3)19(23(22)27-6-2)15-21-25(4)18-13-9-10-14-20(18)28-21/h7-15H,5-6H2,1-4H3/q+1. The molecule has 0 saturated heterocycles. The third-order valence-corrected chi connectivity index (χ3v) is 6.09. The SMILES string of the molecule is CCOC1=C(OCC)c2ccccc2N(C)C1=Cc1sc2ccccc2[n+]1C. The maximum absolute atomic E-state index is 6.11. The molecule has 4 nitrogen and oxygen atoms in total. The van der Waals surface area contributed by atoms with Crippen LogP contribution in [0.1, 0.15) is 24.4 Å². The zero-order chi connectivity index (χ0) is 19.7. The quantitative estimate of drug-likeness (QED) is 0.573. The van der Waals surface area contributed by atoms with Gasteiger partial charge in [0.2, 0.25) is 5.52 Å². The van der Waals surface area contributed by atoms with Crippen molar-refractivity contribution in [1.29, 1.82) is 0 Å². The Bertz CT molecular complexity index is 1080. The summed E-state index contributed by atoms with van der Waals surface area (Å²) in [6.45, 7) is 5.19. The number of thiazole rings is 1. The molecule has 1 aromatic heterocycles. The number of likely N-dealkylation sites (N-methyl/N-ethyl adjacent to an activating group) is 1. The van der Waals surface area contributed by atoms with E-state index in [2.05, 4.69) is 72.1 Å². The fraction of sp³-hybridized carbons (Fsp3) is 0.261. The lowest BCUT2D eigenvalue weighted by molar-refractivity contribution is -0.642. The minimum Gasteiger partial charge on any atom is -0.489 e. The second-order valence-corrected chi connectivity index (χ2v) is 7.66. The zero-order valence-electron chi connectivity index (χ0n) is 16.7. The van der Waals surface area contributed by atoms with E-state index in [4.69, 9.17) is 9.47 Å². The van der Waals surface area contributed by atoms with Crippen molar-refractivity contribution in [3.63, 3.8) is 0 Å². The van der Waals surface area contributed by atoms with Gasteiger partial charge < -0.3 is 14.4 Å². The van der Waals surface area contributed by atoms with E-state index in [1.165, 1.54) is 10.2 Å². The summed E-state index contributed by atoms with van der Waals surface area (Å²) in [5.41, 5.74) is 4.41. The van der Waals surface area contributed by atoms with Gasteiger partial charge in [-0.1, -0.05) is 35.6 Å². The number of aromatic nitrogens is 1. The van der Waals surface area contributed by atoms with E-state index in [0.717, 1.165) is 33.5 Å². The number of para-hydroxylation sites is 2. The summed E-state index contributed by atoms with van der Waals surface area (Å²) in [5, 5.41) is 1.16. The highest BCUT2D eigenvalue weighted by atomic mass is 32.1. The van der Waals surface area contributed by atoms with Crippen LogP contribution in [0.4, 0.5) is 5.69 Å². The molecule has 3 aromatic rings. The highest BCUT2D eigenvalue weighted by Crippen LogP contribution is 2.41. The molecule has 1 aliphatic rings. The van der Waals surface area contributed by atoms with E-state index in [-0.39, 0.29) is 0 Å². The van der Waals surface area contributed by atoms with Crippen LogP contribution in [0.25, 0.3) is 22.1 Å². The van der Waals surface area contributed by atoms with Gasteiger partial charge in [0.05, 0.1) is 24.6 Å². The van der Waals surface area contributed by atoms with Crippen LogP contribution in [-0.2, 0) is 16.5 Å². The van der Waals surface area contributed by atoms with Crippen LogP contribution in [0.3, 0.4) is 0 Å². The van der Waals surface area contributed by atoms with Crippen LogP contribution >= 0.6 is 11.3 Å². The molecule has 0 fully saturated rings. The number of nitrogens with zero attached hydrogens (tertiary/aromatic N) is 2. The topological polar surface area (TPSA) is 25.6 Å². The van der Waals surface area contributed by atoms with Gasteiger partial charge in [-0.25, -0.2) is 0 Å². The van der Waals surface area contributed by atoms with E-state index in [0.29, 0.717) is 13.2 Å². The highest BCUT2D eigenvalue weighted by molar-refractivity contribution is 7.18. The highest BCUT2D eigenvalue weighted by Gasteiger charge is 2.30. The summed E-state index contributed by atoms with van der Waals surface area (Å²) in [5.74, 6) is 1.61. The van der Waals surface area contributed by atoms with Crippen molar-refractivity contribution >= 4 is 39.1 Å². The maximum Gasteiger partial charge on any atom is 0.264 e. The number of hydrogen-bond acceptors (Lipinski definition) is 4. The van der Waals surface area contributed by atoms with Crippen molar-refractivity contribution in [3.05, 3.63) is 70.6 Å². The maximum atomic E-state index is 6.11. The van der Waals surface area contributed by atoms with Crippen molar-refractivity contribution in [2.45, 2.75) is 13.8 Å². The Morgan fingerprint density at radius 1 is 0.964 bits per heavy atom. The molecule has 0 N–H and O–H groups in total. The predicted octanol–water partition coefficient (Wildman–Crippen LogP) is 4.96. The van der Waals surface area contributed by atoms with E-state index >= 15 is 0 Å². The van der Waals surface area contributed by atoms with E-state index in [9.17, 15) is 0 Å². The molecule has 4 rings (SSSR count). The average Bonchev–Trinajstić information content (AvgIpc) is 3.03. The van der Waals surface area contributed by atoms with Crippen molar-refractivity contribution < 1.29 is 14.0 Å². The Labute approximate surface area is 169 Å². The van der Waals surface area contributed by atoms with Crippen molar-refractivity contribution in [3.8, 4) is 0 Å². The van der Waals surface area contributed by atoms with Crippen LogP contribution in [0.2, 0.25) is 0 Å². The third kappa shape index (κ3) is 3.06. The monoisotopic (exact) mass is 393 g/mol. The molecule has 2 aromatic carbocycles. The van der Waals surface area contributed by atoms with Crippen LogP contribution < -0.4 is 9.47 Å². The lowest BCUT2D eigenvalue weighted by Crippen LogP contribution is -2.31. The normalized spacial score (nSPS) is 15.3. The summed E-state index contributed by atoms with van der Waals surface area (Å²) < 4.78 is 15.7. The molecule has 144 valence electrons. The van der Waals surface area contributed by atoms with Crippen LogP contribution in [0, 0.1) is 0 Å². The molecule has 0 atom stereocenters. The minimum absolute atomic E-state index is 0.581. The van der Waals surface area contributed by atoms with Gasteiger partial charge in [0, 0.05) is 24.8 Å². The van der Waals surface area contributed by atoms with Gasteiger partial charge in [0.1, 0.15) is 11.7 Å². The fourth-order valence-electron chi connectivity index (χ4n) is 3.58. The lowest BCUT2D eigenvalue weighted by Gasteiger charge is -2.32. The fourth-order valence-corrected chi connectivity index (χ4v) is 4.66. The number of ether oxygens (including phenoxy) is 2. The Balaban J connectivity index is 1.94. The first-order valence-electron chi connectivity index (χ1n) is 9.58. The molecular formula is C23H25N2O2S+. The molecule has 2 heterocycles. The number of anilines is 1. The molecule has 0 spiro atoms. The third-order valence-electron chi connectivity index (χ3n) is 4.92. The second kappa shape index (κ2) is 7.68. The molecule has 0 aliphatic carbocycles. The van der Waals surface area contributed by atoms with Crippen LogP contribution in [-0.4, -0.2) is 20.3 Å². The van der Waals surface area contributed by atoms with Crippen LogP contribution in [0.15, 0.2) is 60.0 Å². The molecule has 0 saturated carbocycles. The van der Waals surface area contributed by atoms with Gasteiger partial charge in [-0.3, -0.25) is 0 Å². The Hall–Kier alpha value is -2.79. The molecule has 0 amide bonds. The summed E-state index contributed by atoms with van der Waals surface area (Å²) in [6.07, 6.45) is 2.20. The van der Waals surface area contributed by atoms with Crippen molar-refractivity contribution in [2.24, 2.45) is 7.05 Å². The van der Waals surface area contributed by atoms with Crippen molar-refractivity contribution in [2.75, 3.05) is 25.2 Å². The number of fused-ring (bicyclic) bond motifs is 2. The molecule has 0 unspecified atom stereocenters. The number of rotatable bonds is 5.